The van der Waals surface area contributed by atoms with Gasteiger partial charge in [-0.3, -0.25) is 0 Å². The monoisotopic (exact) mass is 347 g/mol. The zero-order valence-corrected chi connectivity index (χ0v) is 14.6. The van der Waals surface area contributed by atoms with Gasteiger partial charge in [-0.15, -0.1) is 0 Å². The summed E-state index contributed by atoms with van der Waals surface area (Å²) in [5, 5.41) is 3.49. The Kier molecular flexibility index (Phi) is 5.07. The van der Waals surface area contributed by atoms with Gasteiger partial charge in [0.05, 0.1) is 0 Å². The molecule has 0 atom stereocenters. The van der Waals surface area contributed by atoms with Crippen LogP contribution in [0.1, 0.15) is 31.9 Å². The largest absolute Gasteiger partial charge is 0.457 e. The fourth-order valence-electron chi connectivity index (χ4n) is 1.96. The van der Waals surface area contributed by atoms with E-state index >= 15 is 0 Å². The van der Waals surface area contributed by atoms with Crippen LogP contribution in [0.15, 0.2) is 46.9 Å². The summed E-state index contributed by atoms with van der Waals surface area (Å²) in [6.45, 7) is 9.45. The van der Waals surface area contributed by atoms with Crippen molar-refractivity contribution in [3.8, 4) is 11.5 Å². The number of hydrogen-bond donors (Lipinski definition) is 1. The molecule has 0 aliphatic carbocycles. The molecule has 21 heavy (non-hydrogen) atoms. The van der Waals surface area contributed by atoms with Gasteiger partial charge in [-0.05, 0) is 63.1 Å². The molecule has 0 aliphatic heterocycles. The number of halogens is 1. The van der Waals surface area contributed by atoms with E-state index in [1.807, 2.05) is 30.3 Å². The molecule has 0 unspecified atom stereocenters. The van der Waals surface area contributed by atoms with Crippen molar-refractivity contribution in [3.05, 3.63) is 58.1 Å². The van der Waals surface area contributed by atoms with Gasteiger partial charge in [0.2, 0.25) is 0 Å². The SMILES string of the molecule is Cc1cc(CNC(C)(C)C)ccc1Oc1cccc(Br)c1. The Hall–Kier alpha value is -1.32. The highest BCUT2D eigenvalue weighted by molar-refractivity contribution is 9.10. The van der Waals surface area contributed by atoms with Crippen molar-refractivity contribution in [2.45, 2.75) is 39.8 Å². The van der Waals surface area contributed by atoms with E-state index in [0.717, 1.165) is 28.1 Å². The molecular formula is C18H22BrNO. The summed E-state index contributed by atoms with van der Waals surface area (Å²) in [6, 6.07) is 14.2. The Morgan fingerprint density at radius 3 is 2.48 bits per heavy atom. The third kappa shape index (κ3) is 5.18. The molecule has 2 nitrogen and oxygen atoms in total. The van der Waals surface area contributed by atoms with Gasteiger partial charge >= 0.3 is 0 Å². The van der Waals surface area contributed by atoms with Crippen molar-refractivity contribution >= 4 is 15.9 Å². The number of rotatable bonds is 4. The minimum Gasteiger partial charge on any atom is -0.457 e. The van der Waals surface area contributed by atoms with E-state index in [4.69, 9.17) is 4.74 Å². The molecule has 0 saturated carbocycles. The molecule has 1 N–H and O–H groups in total. The third-order valence-electron chi connectivity index (χ3n) is 3.09. The molecule has 3 heteroatoms. The first kappa shape index (κ1) is 16.1. The second kappa shape index (κ2) is 6.63. The van der Waals surface area contributed by atoms with E-state index in [1.165, 1.54) is 5.56 Å². The van der Waals surface area contributed by atoms with E-state index in [1.54, 1.807) is 0 Å². The van der Waals surface area contributed by atoms with Crippen LogP contribution in [0, 0.1) is 6.92 Å². The zero-order valence-electron chi connectivity index (χ0n) is 13.0. The fraction of sp³-hybridized carbons (Fsp3) is 0.333. The highest BCUT2D eigenvalue weighted by Crippen LogP contribution is 2.27. The first-order valence-corrected chi connectivity index (χ1v) is 7.91. The molecule has 0 radical (unpaired) electrons. The first-order chi connectivity index (χ1) is 9.83. The van der Waals surface area contributed by atoms with Gasteiger partial charge in [-0.2, -0.15) is 0 Å². The van der Waals surface area contributed by atoms with Gasteiger partial charge in [-0.1, -0.05) is 34.1 Å². The highest BCUT2D eigenvalue weighted by atomic mass is 79.9. The van der Waals surface area contributed by atoms with Crippen molar-refractivity contribution < 1.29 is 4.74 Å². The molecule has 0 fully saturated rings. The molecule has 0 amide bonds. The summed E-state index contributed by atoms with van der Waals surface area (Å²) in [5.41, 5.74) is 2.53. The van der Waals surface area contributed by atoms with Crippen LogP contribution in [-0.4, -0.2) is 5.54 Å². The molecular weight excluding hydrogens is 326 g/mol. The molecule has 0 heterocycles. The molecule has 0 spiro atoms. The van der Waals surface area contributed by atoms with Crippen LogP contribution in [0.25, 0.3) is 0 Å². The fourth-order valence-corrected chi connectivity index (χ4v) is 2.34. The van der Waals surface area contributed by atoms with Crippen LogP contribution < -0.4 is 10.1 Å². The number of aryl methyl sites for hydroxylation is 1. The van der Waals surface area contributed by atoms with Crippen molar-refractivity contribution in [1.29, 1.82) is 0 Å². The van der Waals surface area contributed by atoms with Crippen molar-refractivity contribution in [3.63, 3.8) is 0 Å². The van der Waals surface area contributed by atoms with Crippen LogP contribution in [0.5, 0.6) is 11.5 Å². The van der Waals surface area contributed by atoms with Crippen molar-refractivity contribution in [1.82, 2.24) is 5.32 Å². The number of nitrogens with one attached hydrogen (secondary N) is 1. The summed E-state index contributed by atoms with van der Waals surface area (Å²) >= 11 is 3.46. The predicted octanol–water partition coefficient (Wildman–Crippen LogP) is 5.44. The molecule has 0 aromatic heterocycles. The number of ether oxygens (including phenoxy) is 1. The quantitative estimate of drug-likeness (QED) is 0.795. The lowest BCUT2D eigenvalue weighted by Gasteiger charge is -2.21. The molecule has 0 aliphatic rings. The molecule has 2 rings (SSSR count). The maximum Gasteiger partial charge on any atom is 0.130 e. The van der Waals surface area contributed by atoms with Crippen LogP contribution in [0.2, 0.25) is 0 Å². The Bertz CT molecular complexity index is 617. The molecule has 112 valence electrons. The van der Waals surface area contributed by atoms with E-state index in [0.29, 0.717) is 0 Å². The lowest BCUT2D eigenvalue weighted by atomic mass is 10.1. The summed E-state index contributed by atoms with van der Waals surface area (Å²) in [5.74, 6) is 1.74. The summed E-state index contributed by atoms with van der Waals surface area (Å²) < 4.78 is 6.96. The topological polar surface area (TPSA) is 21.3 Å². The van der Waals surface area contributed by atoms with Crippen molar-refractivity contribution in [2.24, 2.45) is 0 Å². The van der Waals surface area contributed by atoms with E-state index in [2.05, 4.69) is 61.1 Å². The van der Waals surface area contributed by atoms with Gasteiger partial charge < -0.3 is 10.1 Å². The van der Waals surface area contributed by atoms with Crippen LogP contribution >= 0.6 is 15.9 Å². The maximum absolute atomic E-state index is 5.94. The normalized spacial score (nSPS) is 11.5. The lowest BCUT2D eigenvalue weighted by molar-refractivity contribution is 0.424. The molecule has 0 saturated heterocycles. The van der Waals surface area contributed by atoms with Crippen LogP contribution in [0.4, 0.5) is 0 Å². The van der Waals surface area contributed by atoms with E-state index in [9.17, 15) is 0 Å². The van der Waals surface area contributed by atoms with Gasteiger partial charge in [0.1, 0.15) is 11.5 Å². The Morgan fingerprint density at radius 1 is 1.10 bits per heavy atom. The third-order valence-corrected chi connectivity index (χ3v) is 3.58. The smallest absolute Gasteiger partial charge is 0.130 e. The van der Waals surface area contributed by atoms with Gasteiger partial charge in [0, 0.05) is 16.6 Å². The Balaban J connectivity index is 2.09. The predicted molar refractivity (Wildman–Crippen MR) is 92.0 cm³/mol. The zero-order chi connectivity index (χ0) is 15.5. The number of hydrogen-bond acceptors (Lipinski definition) is 2. The van der Waals surface area contributed by atoms with Gasteiger partial charge in [0.15, 0.2) is 0 Å². The average molecular weight is 348 g/mol. The lowest BCUT2D eigenvalue weighted by Crippen LogP contribution is -2.35. The van der Waals surface area contributed by atoms with Crippen molar-refractivity contribution in [2.75, 3.05) is 0 Å². The minimum absolute atomic E-state index is 0.124. The first-order valence-electron chi connectivity index (χ1n) is 7.11. The summed E-state index contributed by atoms with van der Waals surface area (Å²) in [6.07, 6.45) is 0. The van der Waals surface area contributed by atoms with E-state index < -0.39 is 0 Å². The Labute approximate surface area is 135 Å². The van der Waals surface area contributed by atoms with Gasteiger partial charge in [-0.25, -0.2) is 0 Å². The summed E-state index contributed by atoms with van der Waals surface area (Å²) in [4.78, 5) is 0. The van der Waals surface area contributed by atoms with Gasteiger partial charge in [0.25, 0.3) is 0 Å². The number of benzene rings is 2. The maximum atomic E-state index is 5.94. The standard InChI is InChI=1S/C18H22BrNO/c1-13-10-14(12-20-18(2,3)4)8-9-17(13)21-16-7-5-6-15(19)11-16/h5-11,20H,12H2,1-4H3. The molecule has 0 bridgehead atoms. The second-order valence-corrected chi connectivity index (χ2v) is 7.18. The van der Waals surface area contributed by atoms with E-state index in [-0.39, 0.29) is 5.54 Å². The summed E-state index contributed by atoms with van der Waals surface area (Å²) in [7, 11) is 0. The highest BCUT2D eigenvalue weighted by Gasteiger charge is 2.09. The average Bonchev–Trinajstić information content (AvgIpc) is 2.38. The second-order valence-electron chi connectivity index (χ2n) is 6.26. The van der Waals surface area contributed by atoms with Crippen LogP contribution in [-0.2, 0) is 6.54 Å². The molecule has 2 aromatic rings. The molecule has 2 aromatic carbocycles. The Morgan fingerprint density at radius 2 is 1.86 bits per heavy atom. The van der Waals surface area contributed by atoms with Crippen LogP contribution in [0.3, 0.4) is 0 Å². The minimum atomic E-state index is 0.124.